The summed E-state index contributed by atoms with van der Waals surface area (Å²) in [5.74, 6) is 0. The van der Waals surface area contributed by atoms with Crippen LogP contribution in [0.3, 0.4) is 0 Å². The minimum atomic E-state index is 0.755. The van der Waals surface area contributed by atoms with E-state index in [-0.39, 0.29) is 0 Å². The van der Waals surface area contributed by atoms with E-state index in [0.29, 0.717) is 0 Å². The molecule has 17 heavy (non-hydrogen) atoms. The van der Waals surface area contributed by atoms with Gasteiger partial charge in [0.25, 0.3) is 0 Å². The largest absolute Gasteiger partial charge is 0.306 e. The monoisotopic (exact) mass is 330 g/mol. The third-order valence-corrected chi connectivity index (χ3v) is 4.03. The van der Waals surface area contributed by atoms with Crippen molar-refractivity contribution in [3.8, 4) is 0 Å². The van der Waals surface area contributed by atoms with Gasteiger partial charge >= 0.3 is 0 Å². The van der Waals surface area contributed by atoms with E-state index in [1.165, 1.54) is 4.88 Å². The third kappa shape index (κ3) is 3.78. The van der Waals surface area contributed by atoms with Gasteiger partial charge in [-0.15, -0.1) is 11.3 Å². The lowest BCUT2D eigenvalue weighted by molar-refractivity contribution is 0.690. The summed E-state index contributed by atoms with van der Waals surface area (Å²) in [7, 11) is 0. The Bertz CT molecular complexity index is 513. The molecular formula is C12H12BrClN2S. The highest BCUT2D eigenvalue weighted by molar-refractivity contribution is 9.10. The van der Waals surface area contributed by atoms with Gasteiger partial charge in [0, 0.05) is 33.7 Å². The van der Waals surface area contributed by atoms with E-state index in [9.17, 15) is 0 Å². The lowest BCUT2D eigenvalue weighted by Crippen LogP contribution is -2.12. The van der Waals surface area contributed by atoms with E-state index in [0.717, 1.165) is 33.2 Å². The quantitative estimate of drug-likeness (QED) is 0.910. The van der Waals surface area contributed by atoms with Crippen LogP contribution in [0.25, 0.3) is 0 Å². The summed E-state index contributed by atoms with van der Waals surface area (Å²) in [5.41, 5.74) is 1.10. The van der Waals surface area contributed by atoms with Crippen LogP contribution < -0.4 is 5.32 Å². The zero-order valence-electron chi connectivity index (χ0n) is 9.34. The van der Waals surface area contributed by atoms with Gasteiger partial charge in [-0.3, -0.25) is 0 Å². The van der Waals surface area contributed by atoms with Crippen LogP contribution in [0.15, 0.2) is 28.9 Å². The Morgan fingerprint density at radius 1 is 1.41 bits per heavy atom. The molecular weight excluding hydrogens is 320 g/mol. The van der Waals surface area contributed by atoms with Crippen LogP contribution in [0.2, 0.25) is 5.02 Å². The zero-order chi connectivity index (χ0) is 12.3. The molecule has 1 N–H and O–H groups in total. The van der Waals surface area contributed by atoms with Crippen molar-refractivity contribution < 1.29 is 0 Å². The fourth-order valence-corrected chi connectivity index (χ4v) is 2.95. The molecule has 1 heterocycles. The molecule has 5 heteroatoms. The first-order chi connectivity index (χ1) is 8.15. The van der Waals surface area contributed by atoms with Gasteiger partial charge < -0.3 is 5.32 Å². The molecule has 0 amide bonds. The number of hydrogen-bond donors (Lipinski definition) is 1. The molecule has 0 spiro atoms. The van der Waals surface area contributed by atoms with Crippen molar-refractivity contribution in [2.45, 2.75) is 20.0 Å². The number of hydrogen-bond acceptors (Lipinski definition) is 3. The maximum atomic E-state index is 6.13. The van der Waals surface area contributed by atoms with E-state index in [4.69, 9.17) is 11.6 Å². The number of benzene rings is 1. The van der Waals surface area contributed by atoms with Gasteiger partial charge in [0.15, 0.2) is 0 Å². The van der Waals surface area contributed by atoms with Gasteiger partial charge in [-0.25, -0.2) is 4.98 Å². The second-order valence-corrected chi connectivity index (χ2v) is 6.35. The molecule has 0 saturated heterocycles. The highest BCUT2D eigenvalue weighted by atomic mass is 79.9. The van der Waals surface area contributed by atoms with Gasteiger partial charge in [-0.05, 0) is 24.6 Å². The number of nitrogens with zero attached hydrogens (tertiary/aromatic N) is 1. The molecule has 1 aromatic heterocycles. The topological polar surface area (TPSA) is 24.9 Å². The molecule has 0 bridgehead atoms. The van der Waals surface area contributed by atoms with Crippen LogP contribution in [-0.2, 0) is 13.1 Å². The molecule has 0 unspecified atom stereocenters. The molecule has 2 aromatic rings. The zero-order valence-corrected chi connectivity index (χ0v) is 12.5. The summed E-state index contributed by atoms with van der Waals surface area (Å²) < 4.78 is 1.00. The van der Waals surface area contributed by atoms with E-state index >= 15 is 0 Å². The molecule has 0 aliphatic rings. The van der Waals surface area contributed by atoms with Gasteiger partial charge in [0.2, 0.25) is 0 Å². The number of aromatic nitrogens is 1. The molecule has 2 rings (SSSR count). The van der Waals surface area contributed by atoms with Gasteiger partial charge in [-0.2, -0.15) is 0 Å². The van der Waals surface area contributed by atoms with Gasteiger partial charge in [0.05, 0.1) is 0 Å². The fraction of sp³-hybridized carbons (Fsp3) is 0.250. The standard InChI is InChI=1S/C12H12BrClN2S/c1-8-5-16-12(17-8)7-15-6-9-2-3-10(13)4-11(9)14/h2-5,15H,6-7H2,1H3. The highest BCUT2D eigenvalue weighted by Crippen LogP contribution is 2.21. The normalized spacial score (nSPS) is 10.8. The molecule has 0 radical (unpaired) electrons. The lowest BCUT2D eigenvalue weighted by Gasteiger charge is -2.05. The maximum Gasteiger partial charge on any atom is 0.107 e. The highest BCUT2D eigenvalue weighted by Gasteiger charge is 2.02. The Morgan fingerprint density at radius 3 is 2.88 bits per heavy atom. The first-order valence-electron chi connectivity index (χ1n) is 5.21. The van der Waals surface area contributed by atoms with Crippen LogP contribution in [0.4, 0.5) is 0 Å². The first kappa shape index (κ1) is 13.0. The Hall–Kier alpha value is -0.420. The molecule has 0 saturated carbocycles. The summed E-state index contributed by atoms with van der Waals surface area (Å²) >= 11 is 11.2. The minimum absolute atomic E-state index is 0.755. The predicted octanol–water partition coefficient (Wildman–Crippen LogP) is 4.16. The number of thiazole rings is 1. The summed E-state index contributed by atoms with van der Waals surface area (Å²) in [6.07, 6.45) is 1.90. The van der Waals surface area contributed by atoms with Gasteiger partial charge in [0.1, 0.15) is 5.01 Å². The Morgan fingerprint density at radius 2 is 2.24 bits per heavy atom. The molecule has 1 aromatic carbocycles. The second-order valence-electron chi connectivity index (χ2n) is 3.70. The molecule has 0 aliphatic heterocycles. The molecule has 90 valence electrons. The van der Waals surface area contributed by atoms with Gasteiger partial charge in [-0.1, -0.05) is 33.6 Å². The minimum Gasteiger partial charge on any atom is -0.306 e. The number of nitrogens with one attached hydrogen (secondary N) is 1. The maximum absolute atomic E-state index is 6.13. The molecule has 0 aliphatic carbocycles. The van der Waals surface area contributed by atoms with E-state index < -0.39 is 0 Å². The Balaban J connectivity index is 1.90. The van der Waals surface area contributed by atoms with Crippen molar-refractivity contribution >= 4 is 38.9 Å². The Labute approximate surface area is 118 Å². The SMILES string of the molecule is Cc1cnc(CNCc2ccc(Br)cc2Cl)s1. The Kier molecular flexibility index (Phi) is 4.56. The molecule has 0 fully saturated rings. The van der Waals surface area contributed by atoms with Crippen molar-refractivity contribution in [2.75, 3.05) is 0 Å². The van der Waals surface area contributed by atoms with Crippen LogP contribution in [0, 0.1) is 6.92 Å². The summed E-state index contributed by atoms with van der Waals surface area (Å²) in [4.78, 5) is 5.54. The predicted molar refractivity (Wildman–Crippen MR) is 76.5 cm³/mol. The van der Waals surface area contributed by atoms with Crippen molar-refractivity contribution in [3.05, 3.63) is 49.3 Å². The summed E-state index contributed by atoms with van der Waals surface area (Å²) in [5, 5.41) is 5.23. The number of aryl methyl sites for hydroxylation is 1. The van der Waals surface area contributed by atoms with Crippen LogP contribution in [0.5, 0.6) is 0 Å². The van der Waals surface area contributed by atoms with E-state index in [1.54, 1.807) is 11.3 Å². The van der Waals surface area contributed by atoms with Crippen molar-refractivity contribution in [2.24, 2.45) is 0 Å². The lowest BCUT2D eigenvalue weighted by atomic mass is 10.2. The van der Waals surface area contributed by atoms with Crippen molar-refractivity contribution in [1.82, 2.24) is 10.3 Å². The van der Waals surface area contributed by atoms with E-state index in [2.05, 4.69) is 33.2 Å². The van der Waals surface area contributed by atoms with Crippen molar-refractivity contribution in [1.29, 1.82) is 0 Å². The average Bonchev–Trinajstić information content (AvgIpc) is 2.68. The van der Waals surface area contributed by atoms with Crippen molar-refractivity contribution in [3.63, 3.8) is 0 Å². The average molecular weight is 332 g/mol. The van der Waals surface area contributed by atoms with E-state index in [1.807, 2.05) is 24.4 Å². The second kappa shape index (κ2) is 5.96. The summed E-state index contributed by atoms with van der Waals surface area (Å²) in [6.45, 7) is 3.60. The number of halogens is 2. The van der Waals surface area contributed by atoms with Crippen LogP contribution in [0.1, 0.15) is 15.4 Å². The number of rotatable bonds is 4. The molecule has 0 atom stereocenters. The van der Waals surface area contributed by atoms with Crippen LogP contribution in [-0.4, -0.2) is 4.98 Å². The summed E-state index contributed by atoms with van der Waals surface area (Å²) in [6, 6.07) is 5.93. The molecule has 2 nitrogen and oxygen atoms in total. The first-order valence-corrected chi connectivity index (χ1v) is 7.20. The fourth-order valence-electron chi connectivity index (χ4n) is 1.45. The third-order valence-electron chi connectivity index (χ3n) is 2.28. The van der Waals surface area contributed by atoms with Crippen LogP contribution >= 0.6 is 38.9 Å². The smallest absolute Gasteiger partial charge is 0.107 e.